The second-order valence-corrected chi connectivity index (χ2v) is 3.01. The van der Waals surface area contributed by atoms with Gasteiger partial charge in [0.25, 0.3) is 5.69 Å². The molecule has 1 aromatic heterocycles. The van der Waals surface area contributed by atoms with Crippen molar-refractivity contribution in [3.63, 3.8) is 0 Å². The van der Waals surface area contributed by atoms with E-state index in [1.54, 1.807) is 0 Å². The second-order valence-electron chi connectivity index (χ2n) is 3.01. The van der Waals surface area contributed by atoms with E-state index in [9.17, 15) is 28.1 Å². The predicted molar refractivity (Wildman–Crippen MR) is 49.4 cm³/mol. The minimum Gasteiger partial charge on any atom is -0.477 e. The van der Waals surface area contributed by atoms with Crippen LogP contribution in [0, 0.1) is 10.1 Å². The molecule has 98 valence electrons. The number of hydrogen-bond donors (Lipinski definition) is 1. The van der Waals surface area contributed by atoms with Gasteiger partial charge in [0, 0.05) is 6.07 Å². The standard InChI is InChI=1S/C8H5F3N2O5/c9-8(10,11)3-18-6-5(7(14)15)1-4(2-12-6)13(16)17/h1-2H,3H2,(H,14,15). The minimum atomic E-state index is -4.67. The van der Waals surface area contributed by atoms with Crippen LogP contribution in [0.25, 0.3) is 0 Å². The van der Waals surface area contributed by atoms with Crippen LogP contribution in [0.1, 0.15) is 10.4 Å². The summed E-state index contributed by atoms with van der Waals surface area (Å²) in [5.74, 6) is -2.51. The molecule has 0 spiro atoms. The quantitative estimate of drug-likeness (QED) is 0.656. The molecule has 0 radical (unpaired) electrons. The molecule has 10 heteroatoms. The molecule has 0 aromatic carbocycles. The van der Waals surface area contributed by atoms with Crippen molar-refractivity contribution >= 4 is 11.7 Å². The Labute approximate surface area is 97.0 Å². The predicted octanol–water partition coefficient (Wildman–Crippen LogP) is 1.63. The lowest BCUT2D eigenvalue weighted by molar-refractivity contribution is -0.385. The first-order valence-corrected chi connectivity index (χ1v) is 4.28. The van der Waals surface area contributed by atoms with Crippen molar-refractivity contribution in [3.05, 3.63) is 27.9 Å². The molecule has 7 nitrogen and oxygen atoms in total. The number of pyridine rings is 1. The van der Waals surface area contributed by atoms with Crippen LogP contribution >= 0.6 is 0 Å². The average molecular weight is 266 g/mol. The maximum absolute atomic E-state index is 11.9. The number of rotatable bonds is 4. The fraction of sp³-hybridized carbons (Fsp3) is 0.250. The van der Waals surface area contributed by atoms with Crippen LogP contribution in [-0.4, -0.2) is 33.8 Å². The Bertz CT molecular complexity index is 488. The fourth-order valence-corrected chi connectivity index (χ4v) is 0.959. The number of carboxylic acid groups (broad SMARTS) is 1. The van der Waals surface area contributed by atoms with Crippen LogP contribution in [0.5, 0.6) is 5.88 Å². The Morgan fingerprint density at radius 2 is 2.17 bits per heavy atom. The monoisotopic (exact) mass is 266 g/mol. The summed E-state index contributed by atoms with van der Waals surface area (Å²) >= 11 is 0. The molecular weight excluding hydrogens is 261 g/mol. The van der Waals surface area contributed by atoms with Gasteiger partial charge in [0.2, 0.25) is 5.88 Å². The number of nitrogens with zero attached hydrogens (tertiary/aromatic N) is 2. The van der Waals surface area contributed by atoms with Crippen molar-refractivity contribution in [2.75, 3.05) is 6.61 Å². The second kappa shape index (κ2) is 4.85. The number of alkyl halides is 3. The number of halogens is 3. The normalized spacial score (nSPS) is 11.1. The van der Waals surface area contributed by atoms with Gasteiger partial charge in [0.05, 0.1) is 4.92 Å². The summed E-state index contributed by atoms with van der Waals surface area (Å²) in [6.07, 6.45) is -4.06. The molecule has 0 aliphatic heterocycles. The number of ether oxygens (including phenoxy) is 1. The first-order valence-electron chi connectivity index (χ1n) is 4.28. The minimum absolute atomic E-state index is 0.570. The largest absolute Gasteiger partial charge is 0.477 e. The summed E-state index contributed by atoms with van der Waals surface area (Å²) in [5, 5.41) is 19.0. The van der Waals surface area contributed by atoms with E-state index in [-0.39, 0.29) is 0 Å². The molecule has 1 aromatic rings. The van der Waals surface area contributed by atoms with Crippen molar-refractivity contribution < 1.29 is 32.7 Å². The van der Waals surface area contributed by atoms with Gasteiger partial charge in [-0.1, -0.05) is 0 Å². The van der Waals surface area contributed by atoms with Gasteiger partial charge >= 0.3 is 12.1 Å². The molecule has 0 atom stereocenters. The summed E-state index contributed by atoms with van der Waals surface area (Å²) in [6, 6.07) is 0.570. The number of aromatic nitrogens is 1. The lowest BCUT2D eigenvalue weighted by Crippen LogP contribution is -2.20. The lowest BCUT2D eigenvalue weighted by atomic mass is 10.2. The Hall–Kier alpha value is -2.39. The molecule has 0 aliphatic carbocycles. The molecule has 1 rings (SSSR count). The summed E-state index contributed by atoms with van der Waals surface area (Å²) in [6.45, 7) is -1.74. The van der Waals surface area contributed by atoms with Crippen molar-refractivity contribution in [3.8, 4) is 5.88 Å². The molecule has 1 N–H and O–H groups in total. The number of carboxylic acids is 1. The third-order valence-corrected chi connectivity index (χ3v) is 1.65. The van der Waals surface area contributed by atoms with Crippen LogP contribution in [0.15, 0.2) is 12.3 Å². The van der Waals surface area contributed by atoms with Gasteiger partial charge in [0.15, 0.2) is 6.61 Å². The summed E-state index contributed by atoms with van der Waals surface area (Å²) in [7, 11) is 0. The number of nitro groups is 1. The Morgan fingerprint density at radius 1 is 1.56 bits per heavy atom. The van der Waals surface area contributed by atoms with Gasteiger partial charge in [-0.3, -0.25) is 10.1 Å². The van der Waals surface area contributed by atoms with Gasteiger partial charge in [-0.15, -0.1) is 0 Å². The first kappa shape index (κ1) is 13.7. The third kappa shape index (κ3) is 3.57. The van der Waals surface area contributed by atoms with E-state index in [2.05, 4.69) is 9.72 Å². The van der Waals surface area contributed by atoms with Gasteiger partial charge in [0.1, 0.15) is 11.8 Å². The summed E-state index contributed by atoms with van der Waals surface area (Å²) in [4.78, 5) is 23.3. The van der Waals surface area contributed by atoms with E-state index in [1.165, 1.54) is 0 Å². The molecule has 1 heterocycles. The Morgan fingerprint density at radius 3 is 2.61 bits per heavy atom. The highest BCUT2D eigenvalue weighted by Crippen LogP contribution is 2.23. The van der Waals surface area contributed by atoms with Crippen molar-refractivity contribution in [2.45, 2.75) is 6.18 Å². The molecule has 0 amide bonds. The third-order valence-electron chi connectivity index (χ3n) is 1.65. The highest BCUT2D eigenvalue weighted by atomic mass is 19.4. The fourth-order valence-electron chi connectivity index (χ4n) is 0.959. The van der Waals surface area contributed by atoms with Crippen LogP contribution in [0.3, 0.4) is 0 Å². The van der Waals surface area contributed by atoms with E-state index in [1.807, 2.05) is 0 Å². The molecule has 18 heavy (non-hydrogen) atoms. The smallest absolute Gasteiger partial charge is 0.422 e. The SMILES string of the molecule is O=C(O)c1cc([N+](=O)[O-])cnc1OCC(F)(F)F. The number of hydrogen-bond acceptors (Lipinski definition) is 5. The van der Waals surface area contributed by atoms with Gasteiger partial charge in [-0.2, -0.15) is 13.2 Å². The summed E-state index contributed by atoms with van der Waals surface area (Å²) < 4.78 is 39.8. The molecular formula is C8H5F3N2O5. The van der Waals surface area contributed by atoms with Crippen LogP contribution in [0.4, 0.5) is 18.9 Å². The summed E-state index contributed by atoms with van der Waals surface area (Å²) in [5.41, 5.74) is -1.47. The Kier molecular flexibility index (Phi) is 3.69. The zero-order chi connectivity index (χ0) is 13.9. The van der Waals surface area contributed by atoms with Crippen molar-refractivity contribution in [2.24, 2.45) is 0 Å². The average Bonchev–Trinajstić information content (AvgIpc) is 2.24. The molecule has 0 saturated carbocycles. The maximum atomic E-state index is 11.9. The van der Waals surface area contributed by atoms with E-state index < -0.39 is 40.8 Å². The molecule has 0 saturated heterocycles. The van der Waals surface area contributed by atoms with Crippen molar-refractivity contribution in [1.29, 1.82) is 0 Å². The number of aromatic carboxylic acids is 1. The van der Waals surface area contributed by atoms with Crippen LogP contribution in [0.2, 0.25) is 0 Å². The van der Waals surface area contributed by atoms with E-state index >= 15 is 0 Å². The topological polar surface area (TPSA) is 103 Å². The molecule has 0 aliphatic rings. The van der Waals surface area contributed by atoms with Gasteiger partial charge in [-0.05, 0) is 0 Å². The van der Waals surface area contributed by atoms with Gasteiger partial charge in [-0.25, -0.2) is 9.78 Å². The highest BCUT2D eigenvalue weighted by molar-refractivity contribution is 5.90. The molecule has 0 fully saturated rings. The van der Waals surface area contributed by atoms with Crippen molar-refractivity contribution in [1.82, 2.24) is 4.98 Å². The molecule has 0 unspecified atom stereocenters. The van der Waals surface area contributed by atoms with E-state index in [4.69, 9.17) is 5.11 Å². The van der Waals surface area contributed by atoms with Crippen LogP contribution in [-0.2, 0) is 0 Å². The van der Waals surface area contributed by atoms with Crippen LogP contribution < -0.4 is 4.74 Å². The van der Waals surface area contributed by atoms with E-state index in [0.29, 0.717) is 12.3 Å². The number of carbonyl (C=O) groups is 1. The zero-order valence-electron chi connectivity index (χ0n) is 8.47. The zero-order valence-corrected chi connectivity index (χ0v) is 8.47. The Balaban J connectivity index is 3.05. The molecule has 0 bridgehead atoms. The maximum Gasteiger partial charge on any atom is 0.422 e. The van der Waals surface area contributed by atoms with E-state index in [0.717, 1.165) is 0 Å². The van der Waals surface area contributed by atoms with Gasteiger partial charge < -0.3 is 9.84 Å². The highest BCUT2D eigenvalue weighted by Gasteiger charge is 2.30. The first-order chi connectivity index (χ1) is 8.20. The lowest BCUT2D eigenvalue weighted by Gasteiger charge is -2.09.